The predicted octanol–water partition coefficient (Wildman–Crippen LogP) is 3.20. The van der Waals surface area contributed by atoms with Gasteiger partial charge in [-0.2, -0.15) is 0 Å². The van der Waals surface area contributed by atoms with Crippen molar-refractivity contribution in [2.45, 2.75) is 20.8 Å². The quantitative estimate of drug-likeness (QED) is 0.596. The summed E-state index contributed by atoms with van der Waals surface area (Å²) in [6.45, 7) is 6.59. The van der Waals surface area contributed by atoms with E-state index in [4.69, 9.17) is 4.74 Å². The van der Waals surface area contributed by atoms with Crippen LogP contribution in [0.25, 0.3) is 0 Å². The molecule has 0 N–H and O–H groups in total. The summed E-state index contributed by atoms with van der Waals surface area (Å²) in [5.74, 6) is 0.887. The summed E-state index contributed by atoms with van der Waals surface area (Å²) in [6, 6.07) is 7.81. The molecule has 0 atom stereocenters. The molecule has 0 amide bonds. The number of ether oxygens (including phenoxy) is 1. The summed E-state index contributed by atoms with van der Waals surface area (Å²) in [5, 5.41) is 0. The number of rotatable bonds is 0. The van der Waals surface area contributed by atoms with Crippen molar-refractivity contribution in [1.29, 1.82) is 0 Å². The average molecular weight is 177 g/mol. The lowest BCUT2D eigenvalue weighted by molar-refractivity contribution is 0.372. The molecule has 1 aromatic rings. The van der Waals surface area contributed by atoms with Gasteiger partial charge in [0.25, 0.3) is 0 Å². The Morgan fingerprint density at radius 3 is 2.69 bits per heavy atom. The third kappa shape index (κ3) is 2.31. The lowest BCUT2D eigenvalue weighted by Gasteiger charge is -2.13. The minimum absolute atomic E-state index is 0.622. The molecule has 0 radical (unpaired) electrons. The molecular weight excluding hydrogens is 162 g/mol. The van der Waals surface area contributed by atoms with Crippen LogP contribution < -0.4 is 4.74 Å². The Labute approximate surface area is 79.3 Å². The minimum Gasteiger partial charge on any atom is -0.485 e. The lowest BCUT2D eigenvalue weighted by atomic mass is 10.2. The van der Waals surface area contributed by atoms with Gasteiger partial charge in [0.15, 0.2) is 0 Å². The van der Waals surface area contributed by atoms with Gasteiger partial charge in [-0.1, -0.05) is 26.0 Å². The Morgan fingerprint density at radius 2 is 1.92 bits per heavy atom. The summed E-state index contributed by atoms with van der Waals surface area (Å²) < 4.78 is 5.40. The van der Waals surface area contributed by atoms with Crippen LogP contribution in [0.2, 0.25) is 0 Å². The Kier molecular flexibility index (Phi) is 3.50. The van der Waals surface area contributed by atoms with Crippen molar-refractivity contribution in [2.75, 3.05) is 6.61 Å². The van der Waals surface area contributed by atoms with E-state index in [9.17, 15) is 0 Å². The first-order valence-electron chi connectivity index (χ1n) is 4.62. The first-order chi connectivity index (χ1) is 6.36. The molecule has 1 aromatic carbocycles. The van der Waals surface area contributed by atoms with Gasteiger partial charge in [0.1, 0.15) is 18.0 Å². The Hall–Kier alpha value is -1.31. The SMILES string of the molecule is CC.CC1=Nc2ccccc2OC1. The second-order valence-corrected chi connectivity index (χ2v) is 2.60. The molecule has 0 spiro atoms. The van der Waals surface area contributed by atoms with Crippen molar-refractivity contribution in [3.8, 4) is 5.75 Å². The van der Waals surface area contributed by atoms with Gasteiger partial charge in [-0.05, 0) is 19.1 Å². The van der Waals surface area contributed by atoms with E-state index in [1.54, 1.807) is 0 Å². The Morgan fingerprint density at radius 1 is 1.23 bits per heavy atom. The zero-order valence-corrected chi connectivity index (χ0v) is 8.37. The van der Waals surface area contributed by atoms with Gasteiger partial charge in [0.2, 0.25) is 0 Å². The minimum atomic E-state index is 0.622. The summed E-state index contributed by atoms with van der Waals surface area (Å²) in [4.78, 5) is 4.34. The van der Waals surface area contributed by atoms with Gasteiger partial charge in [0.05, 0.1) is 5.71 Å². The van der Waals surface area contributed by atoms with Crippen LogP contribution in [0.1, 0.15) is 20.8 Å². The van der Waals surface area contributed by atoms with Crippen molar-refractivity contribution in [2.24, 2.45) is 4.99 Å². The van der Waals surface area contributed by atoms with Crippen molar-refractivity contribution in [3.05, 3.63) is 24.3 Å². The van der Waals surface area contributed by atoms with E-state index in [0.717, 1.165) is 17.1 Å². The van der Waals surface area contributed by atoms with Gasteiger partial charge in [-0.3, -0.25) is 4.99 Å². The van der Waals surface area contributed by atoms with Crippen molar-refractivity contribution >= 4 is 11.4 Å². The number of hydrogen-bond acceptors (Lipinski definition) is 2. The third-order valence-corrected chi connectivity index (χ3v) is 1.61. The fraction of sp³-hybridized carbons (Fsp3) is 0.364. The molecule has 2 rings (SSSR count). The summed E-state index contributed by atoms with van der Waals surface area (Å²) >= 11 is 0. The molecule has 0 fully saturated rings. The first kappa shape index (κ1) is 9.78. The van der Waals surface area contributed by atoms with Crippen LogP contribution in [0.15, 0.2) is 29.3 Å². The molecular formula is C11H15NO. The number of hydrogen-bond donors (Lipinski definition) is 0. The highest BCUT2D eigenvalue weighted by Crippen LogP contribution is 2.29. The van der Waals surface area contributed by atoms with Crippen molar-refractivity contribution < 1.29 is 4.74 Å². The molecule has 2 heteroatoms. The molecule has 0 bridgehead atoms. The second-order valence-electron chi connectivity index (χ2n) is 2.60. The van der Waals surface area contributed by atoms with Crippen LogP contribution in [0.5, 0.6) is 5.75 Å². The third-order valence-electron chi connectivity index (χ3n) is 1.61. The van der Waals surface area contributed by atoms with Crippen molar-refractivity contribution in [3.63, 3.8) is 0 Å². The lowest BCUT2D eigenvalue weighted by Crippen LogP contribution is -2.10. The highest BCUT2D eigenvalue weighted by molar-refractivity contribution is 5.88. The number of nitrogens with zero attached hydrogens (tertiary/aromatic N) is 1. The predicted molar refractivity (Wildman–Crippen MR) is 56.1 cm³/mol. The normalized spacial score (nSPS) is 13.0. The number of para-hydroxylation sites is 2. The topological polar surface area (TPSA) is 21.6 Å². The van der Waals surface area contributed by atoms with Crippen molar-refractivity contribution in [1.82, 2.24) is 0 Å². The van der Waals surface area contributed by atoms with E-state index in [-0.39, 0.29) is 0 Å². The van der Waals surface area contributed by atoms with E-state index >= 15 is 0 Å². The number of fused-ring (bicyclic) bond motifs is 1. The van der Waals surface area contributed by atoms with E-state index in [1.165, 1.54) is 0 Å². The maximum absolute atomic E-state index is 5.40. The summed E-state index contributed by atoms with van der Waals surface area (Å²) in [6.07, 6.45) is 0. The van der Waals surface area contributed by atoms with Crippen LogP contribution in [-0.4, -0.2) is 12.3 Å². The monoisotopic (exact) mass is 177 g/mol. The number of benzene rings is 1. The maximum atomic E-state index is 5.40. The van der Waals surface area contributed by atoms with Gasteiger partial charge < -0.3 is 4.74 Å². The van der Waals surface area contributed by atoms with Crippen LogP contribution in [-0.2, 0) is 0 Å². The molecule has 0 saturated carbocycles. The van der Waals surface area contributed by atoms with E-state index in [1.807, 2.05) is 45.0 Å². The largest absolute Gasteiger partial charge is 0.485 e. The zero-order chi connectivity index (χ0) is 9.68. The zero-order valence-electron chi connectivity index (χ0n) is 8.37. The van der Waals surface area contributed by atoms with Crippen LogP contribution in [0.4, 0.5) is 5.69 Å². The summed E-state index contributed by atoms with van der Waals surface area (Å²) in [7, 11) is 0. The molecule has 1 heterocycles. The van der Waals surface area contributed by atoms with Gasteiger partial charge in [-0.25, -0.2) is 0 Å². The highest BCUT2D eigenvalue weighted by Gasteiger charge is 2.07. The van der Waals surface area contributed by atoms with E-state index in [0.29, 0.717) is 6.61 Å². The fourth-order valence-corrected chi connectivity index (χ4v) is 1.09. The standard InChI is InChI=1S/C9H9NO.C2H6/c1-7-6-11-9-5-3-2-4-8(9)10-7;1-2/h2-5H,6H2,1H3;1-2H3. The Bertz CT molecular complexity index is 305. The molecule has 0 aliphatic carbocycles. The van der Waals surface area contributed by atoms with Gasteiger partial charge in [0, 0.05) is 0 Å². The fourth-order valence-electron chi connectivity index (χ4n) is 1.09. The van der Waals surface area contributed by atoms with Crippen LogP contribution in [0, 0.1) is 0 Å². The molecule has 0 unspecified atom stereocenters. The molecule has 0 aromatic heterocycles. The van der Waals surface area contributed by atoms with Crippen LogP contribution in [0.3, 0.4) is 0 Å². The van der Waals surface area contributed by atoms with E-state index in [2.05, 4.69) is 4.99 Å². The first-order valence-corrected chi connectivity index (χ1v) is 4.62. The molecule has 0 saturated heterocycles. The second kappa shape index (κ2) is 4.65. The molecule has 70 valence electrons. The molecule has 1 aliphatic rings. The average Bonchev–Trinajstić information content (AvgIpc) is 2.21. The van der Waals surface area contributed by atoms with Gasteiger partial charge >= 0.3 is 0 Å². The maximum Gasteiger partial charge on any atom is 0.145 e. The number of aliphatic imine (C=N–C) groups is 1. The summed E-state index contributed by atoms with van der Waals surface area (Å²) in [5.41, 5.74) is 1.97. The molecule has 1 aliphatic heterocycles. The molecule has 13 heavy (non-hydrogen) atoms. The van der Waals surface area contributed by atoms with E-state index < -0.39 is 0 Å². The smallest absolute Gasteiger partial charge is 0.145 e. The Balaban J connectivity index is 0.000000396. The van der Waals surface area contributed by atoms with Crippen LogP contribution >= 0.6 is 0 Å². The highest BCUT2D eigenvalue weighted by atomic mass is 16.5. The van der Waals surface area contributed by atoms with Gasteiger partial charge in [-0.15, -0.1) is 0 Å². The molecule has 2 nitrogen and oxygen atoms in total.